The highest BCUT2D eigenvalue weighted by molar-refractivity contribution is 5.39. The second-order valence-corrected chi connectivity index (χ2v) is 6.02. The fraction of sp³-hybridized carbons (Fsp3) is 0.368. The van der Waals surface area contributed by atoms with E-state index in [1.807, 2.05) is 68.7 Å². The largest absolute Gasteiger partial charge is 0.497 e. The molecule has 0 spiro atoms. The molecule has 0 amide bonds. The van der Waals surface area contributed by atoms with Crippen LogP contribution < -0.4 is 4.74 Å². The Labute approximate surface area is 133 Å². The normalized spacial score (nSPS) is 15.4. The zero-order valence-corrected chi connectivity index (χ0v) is 13.8. The number of hydrogen-bond acceptors (Lipinski definition) is 3. The van der Waals surface area contributed by atoms with Crippen molar-refractivity contribution >= 4 is 0 Å². The fourth-order valence-electron chi connectivity index (χ4n) is 2.95. The second-order valence-electron chi connectivity index (χ2n) is 6.02. The number of hydrogen-bond donors (Lipinski definition) is 1. The number of benzene rings is 2. The van der Waals surface area contributed by atoms with Gasteiger partial charge in [-0.25, -0.2) is 0 Å². The van der Waals surface area contributed by atoms with Crippen molar-refractivity contribution in [3.05, 3.63) is 65.7 Å². The van der Waals surface area contributed by atoms with Crippen LogP contribution in [0.3, 0.4) is 0 Å². The summed E-state index contributed by atoms with van der Waals surface area (Å²) in [6.45, 7) is 2.87. The molecule has 2 aromatic rings. The Balaban J connectivity index is 2.49. The number of methoxy groups -OCH3 is 1. The lowest BCUT2D eigenvalue weighted by atomic mass is 9.76. The maximum Gasteiger partial charge on any atom is 0.118 e. The first-order valence-corrected chi connectivity index (χ1v) is 7.55. The topological polar surface area (TPSA) is 32.7 Å². The molecule has 2 rings (SSSR count). The summed E-state index contributed by atoms with van der Waals surface area (Å²) in [7, 11) is 5.69. The standard InChI is InChI=1S/C19H25NO2/c1-15(14-20(2)3)19(21,16-8-6-5-7-9-16)17-10-12-18(22-4)13-11-17/h5-13,15,21H,14H2,1-4H3/t15-,19+/m1/s1. The molecular formula is C19H25NO2. The summed E-state index contributed by atoms with van der Waals surface area (Å²) >= 11 is 0. The fourth-order valence-corrected chi connectivity index (χ4v) is 2.95. The Kier molecular flexibility index (Phi) is 5.22. The lowest BCUT2D eigenvalue weighted by Gasteiger charge is -2.37. The van der Waals surface area contributed by atoms with Crippen LogP contribution in [-0.2, 0) is 5.60 Å². The minimum absolute atomic E-state index is 0.0401. The minimum Gasteiger partial charge on any atom is -0.497 e. The summed E-state index contributed by atoms with van der Waals surface area (Å²) in [5.74, 6) is 0.831. The molecule has 1 N–H and O–H groups in total. The summed E-state index contributed by atoms with van der Waals surface area (Å²) in [4.78, 5) is 2.10. The summed E-state index contributed by atoms with van der Waals surface area (Å²) in [5, 5.41) is 11.6. The Morgan fingerprint density at radius 3 is 2.05 bits per heavy atom. The average molecular weight is 299 g/mol. The molecule has 22 heavy (non-hydrogen) atoms. The van der Waals surface area contributed by atoms with E-state index in [4.69, 9.17) is 4.74 Å². The number of nitrogens with zero attached hydrogens (tertiary/aromatic N) is 1. The molecule has 0 aliphatic rings. The maximum atomic E-state index is 11.6. The van der Waals surface area contributed by atoms with Gasteiger partial charge in [0.1, 0.15) is 11.4 Å². The van der Waals surface area contributed by atoms with Crippen molar-refractivity contribution < 1.29 is 9.84 Å². The third-order valence-corrected chi connectivity index (χ3v) is 4.10. The molecule has 0 aliphatic heterocycles. The van der Waals surface area contributed by atoms with Crippen molar-refractivity contribution in [1.29, 1.82) is 0 Å². The molecule has 0 aliphatic carbocycles. The molecular weight excluding hydrogens is 274 g/mol. The van der Waals surface area contributed by atoms with E-state index in [2.05, 4.69) is 11.8 Å². The van der Waals surface area contributed by atoms with E-state index < -0.39 is 5.60 Å². The Morgan fingerprint density at radius 2 is 1.55 bits per heavy atom. The van der Waals surface area contributed by atoms with E-state index >= 15 is 0 Å². The van der Waals surface area contributed by atoms with Crippen LogP contribution in [0.1, 0.15) is 18.1 Å². The van der Waals surface area contributed by atoms with Crippen molar-refractivity contribution in [2.45, 2.75) is 12.5 Å². The van der Waals surface area contributed by atoms with E-state index in [0.717, 1.165) is 23.4 Å². The predicted molar refractivity (Wildman–Crippen MR) is 90.2 cm³/mol. The summed E-state index contributed by atoms with van der Waals surface area (Å²) < 4.78 is 5.22. The molecule has 0 fully saturated rings. The minimum atomic E-state index is -1.03. The Hall–Kier alpha value is -1.84. The number of ether oxygens (including phenoxy) is 1. The molecule has 0 saturated heterocycles. The SMILES string of the molecule is COc1ccc([C@@](O)(c2ccccc2)[C@H](C)CN(C)C)cc1. The first-order valence-electron chi connectivity index (χ1n) is 7.55. The van der Waals surface area contributed by atoms with Crippen LogP contribution in [0.15, 0.2) is 54.6 Å². The molecule has 0 aromatic heterocycles. The lowest BCUT2D eigenvalue weighted by molar-refractivity contribution is 0.0134. The monoisotopic (exact) mass is 299 g/mol. The molecule has 2 atom stereocenters. The molecule has 3 heteroatoms. The highest BCUT2D eigenvalue weighted by atomic mass is 16.5. The second kappa shape index (κ2) is 6.95. The Morgan fingerprint density at radius 1 is 1.00 bits per heavy atom. The lowest BCUT2D eigenvalue weighted by Crippen LogP contribution is -2.40. The van der Waals surface area contributed by atoms with Gasteiger partial charge in [0.05, 0.1) is 7.11 Å². The maximum absolute atomic E-state index is 11.6. The van der Waals surface area contributed by atoms with Gasteiger partial charge in [0, 0.05) is 12.5 Å². The zero-order valence-electron chi connectivity index (χ0n) is 13.8. The highest BCUT2D eigenvalue weighted by Gasteiger charge is 2.37. The van der Waals surface area contributed by atoms with Gasteiger partial charge in [-0.3, -0.25) is 0 Å². The van der Waals surface area contributed by atoms with Gasteiger partial charge in [0.25, 0.3) is 0 Å². The smallest absolute Gasteiger partial charge is 0.118 e. The first-order chi connectivity index (χ1) is 10.5. The highest BCUT2D eigenvalue weighted by Crippen LogP contribution is 2.37. The van der Waals surface area contributed by atoms with Crippen molar-refractivity contribution in [3.8, 4) is 5.75 Å². The van der Waals surface area contributed by atoms with Gasteiger partial charge in [-0.05, 0) is 37.4 Å². The van der Waals surface area contributed by atoms with Crippen LogP contribution in [0.4, 0.5) is 0 Å². The van der Waals surface area contributed by atoms with Crippen LogP contribution in [0.2, 0.25) is 0 Å². The van der Waals surface area contributed by atoms with Crippen molar-refractivity contribution in [3.63, 3.8) is 0 Å². The van der Waals surface area contributed by atoms with Crippen LogP contribution >= 0.6 is 0 Å². The average Bonchev–Trinajstić information content (AvgIpc) is 2.54. The molecule has 0 bridgehead atoms. The van der Waals surface area contributed by atoms with Crippen molar-refractivity contribution in [1.82, 2.24) is 4.90 Å². The number of rotatable bonds is 6. The van der Waals surface area contributed by atoms with E-state index in [9.17, 15) is 5.11 Å². The van der Waals surface area contributed by atoms with E-state index in [-0.39, 0.29) is 5.92 Å². The van der Waals surface area contributed by atoms with Gasteiger partial charge in [-0.15, -0.1) is 0 Å². The van der Waals surface area contributed by atoms with Gasteiger partial charge in [0.15, 0.2) is 0 Å². The van der Waals surface area contributed by atoms with Crippen LogP contribution in [0.5, 0.6) is 5.75 Å². The van der Waals surface area contributed by atoms with Crippen LogP contribution in [-0.4, -0.2) is 37.8 Å². The zero-order chi connectivity index (χ0) is 16.2. The number of aliphatic hydroxyl groups is 1. The van der Waals surface area contributed by atoms with Crippen LogP contribution in [0, 0.1) is 5.92 Å². The van der Waals surface area contributed by atoms with E-state index in [0.29, 0.717) is 0 Å². The quantitative estimate of drug-likeness (QED) is 0.889. The first kappa shape index (κ1) is 16.5. The molecule has 118 valence electrons. The summed E-state index contributed by atoms with van der Waals surface area (Å²) in [6.07, 6.45) is 0. The molecule has 0 unspecified atom stereocenters. The van der Waals surface area contributed by atoms with Gasteiger partial charge in [0.2, 0.25) is 0 Å². The molecule has 0 heterocycles. The van der Waals surface area contributed by atoms with Gasteiger partial charge < -0.3 is 14.7 Å². The third kappa shape index (κ3) is 3.32. The van der Waals surface area contributed by atoms with Crippen LogP contribution in [0.25, 0.3) is 0 Å². The summed E-state index contributed by atoms with van der Waals surface area (Å²) in [5.41, 5.74) is 0.765. The van der Waals surface area contributed by atoms with E-state index in [1.54, 1.807) is 7.11 Å². The molecule has 0 saturated carbocycles. The van der Waals surface area contributed by atoms with Gasteiger partial charge in [-0.1, -0.05) is 49.4 Å². The predicted octanol–water partition coefficient (Wildman–Crippen LogP) is 3.13. The molecule has 0 radical (unpaired) electrons. The summed E-state index contributed by atoms with van der Waals surface area (Å²) in [6, 6.07) is 17.5. The third-order valence-electron chi connectivity index (χ3n) is 4.10. The van der Waals surface area contributed by atoms with Gasteiger partial charge in [-0.2, -0.15) is 0 Å². The molecule has 3 nitrogen and oxygen atoms in total. The Bertz CT molecular complexity index is 580. The van der Waals surface area contributed by atoms with E-state index in [1.165, 1.54) is 0 Å². The van der Waals surface area contributed by atoms with Gasteiger partial charge >= 0.3 is 0 Å². The molecule has 2 aromatic carbocycles. The van der Waals surface area contributed by atoms with Crippen molar-refractivity contribution in [2.75, 3.05) is 27.7 Å². The van der Waals surface area contributed by atoms with Crippen molar-refractivity contribution in [2.24, 2.45) is 5.92 Å².